The molecule has 0 bridgehead atoms. The third-order valence-corrected chi connectivity index (χ3v) is 4.63. The highest BCUT2D eigenvalue weighted by Crippen LogP contribution is 2.25. The van der Waals surface area contributed by atoms with Crippen LogP contribution in [0.3, 0.4) is 0 Å². The van der Waals surface area contributed by atoms with E-state index in [2.05, 4.69) is 26.6 Å². The van der Waals surface area contributed by atoms with Gasteiger partial charge in [-0.2, -0.15) is 0 Å². The minimum atomic E-state index is -0.653. The van der Waals surface area contributed by atoms with Crippen LogP contribution < -0.4 is 10.6 Å². The van der Waals surface area contributed by atoms with Gasteiger partial charge < -0.3 is 15.4 Å². The van der Waals surface area contributed by atoms with Crippen molar-refractivity contribution in [2.75, 3.05) is 17.2 Å². The molecule has 2 amide bonds. The largest absolute Gasteiger partial charge is 0.456 e. The number of rotatable bonds is 7. The van der Waals surface area contributed by atoms with Crippen molar-refractivity contribution in [2.24, 2.45) is 0 Å². The van der Waals surface area contributed by atoms with E-state index in [0.717, 1.165) is 10.0 Å². The molecule has 0 saturated carbocycles. The van der Waals surface area contributed by atoms with Crippen molar-refractivity contribution in [3.8, 4) is 0 Å². The lowest BCUT2D eigenvalue weighted by Crippen LogP contribution is -2.22. The molecule has 0 fully saturated rings. The molecule has 0 radical (unpaired) electrons. The Morgan fingerprint density at radius 2 is 1.64 bits per heavy atom. The number of benzene rings is 2. The smallest absolute Gasteiger partial charge is 0.306 e. The molecular weight excluding hydrogens is 471 g/mol. The Kier molecular flexibility index (Phi) is 8.29. The summed E-state index contributed by atoms with van der Waals surface area (Å²) in [7, 11) is 0. The van der Waals surface area contributed by atoms with Crippen molar-refractivity contribution in [2.45, 2.75) is 19.8 Å². The first-order valence-corrected chi connectivity index (χ1v) is 9.76. The summed E-state index contributed by atoms with van der Waals surface area (Å²) >= 11 is 15.1. The Labute approximate surface area is 180 Å². The second-order valence-corrected chi connectivity index (χ2v) is 7.60. The standard InChI is InChI=1S/C19H17BrCl2N2O4/c1-11-8-12(20)2-4-15(11)23-18(26)10-28-19(27)7-6-17(25)24-16-5-3-13(21)9-14(16)22/h2-5,8-9H,6-7,10H2,1H3,(H,23,26)(H,24,25). The molecule has 0 aromatic heterocycles. The molecule has 148 valence electrons. The number of esters is 1. The molecular formula is C19H17BrCl2N2O4. The van der Waals surface area contributed by atoms with Gasteiger partial charge in [0.1, 0.15) is 0 Å². The minimum absolute atomic E-state index is 0.106. The summed E-state index contributed by atoms with van der Waals surface area (Å²) in [6, 6.07) is 10.0. The van der Waals surface area contributed by atoms with E-state index < -0.39 is 24.4 Å². The molecule has 0 aliphatic carbocycles. The quantitative estimate of drug-likeness (QED) is 0.540. The van der Waals surface area contributed by atoms with E-state index >= 15 is 0 Å². The average molecular weight is 488 g/mol. The predicted molar refractivity (Wildman–Crippen MR) is 113 cm³/mol. The molecule has 2 N–H and O–H groups in total. The third-order valence-electron chi connectivity index (χ3n) is 3.59. The van der Waals surface area contributed by atoms with E-state index in [-0.39, 0.29) is 12.8 Å². The molecule has 0 unspecified atom stereocenters. The van der Waals surface area contributed by atoms with Crippen LogP contribution in [0.2, 0.25) is 10.0 Å². The number of amides is 2. The number of carbonyl (C=O) groups excluding carboxylic acids is 3. The number of ether oxygens (including phenoxy) is 1. The first-order valence-electron chi connectivity index (χ1n) is 8.21. The SMILES string of the molecule is Cc1cc(Br)ccc1NC(=O)COC(=O)CCC(=O)Nc1ccc(Cl)cc1Cl. The maximum atomic E-state index is 11.9. The fourth-order valence-electron chi connectivity index (χ4n) is 2.19. The van der Waals surface area contributed by atoms with E-state index in [1.54, 1.807) is 24.3 Å². The highest BCUT2D eigenvalue weighted by molar-refractivity contribution is 9.10. The van der Waals surface area contributed by atoms with Gasteiger partial charge in [0.15, 0.2) is 6.61 Å². The molecule has 2 aromatic rings. The van der Waals surface area contributed by atoms with Gasteiger partial charge in [0.2, 0.25) is 5.91 Å². The third kappa shape index (κ3) is 7.14. The highest BCUT2D eigenvalue weighted by Gasteiger charge is 2.12. The molecule has 28 heavy (non-hydrogen) atoms. The van der Waals surface area contributed by atoms with Crippen molar-refractivity contribution in [1.29, 1.82) is 0 Å². The zero-order chi connectivity index (χ0) is 20.7. The van der Waals surface area contributed by atoms with E-state index in [1.807, 2.05) is 13.0 Å². The normalized spacial score (nSPS) is 10.3. The number of anilines is 2. The Morgan fingerprint density at radius 3 is 2.32 bits per heavy atom. The highest BCUT2D eigenvalue weighted by atomic mass is 79.9. The fraction of sp³-hybridized carbons (Fsp3) is 0.211. The summed E-state index contributed by atoms with van der Waals surface area (Å²) < 4.78 is 5.79. The second kappa shape index (κ2) is 10.5. The van der Waals surface area contributed by atoms with Crippen LogP contribution in [0.25, 0.3) is 0 Å². The van der Waals surface area contributed by atoms with Crippen LogP contribution in [0.15, 0.2) is 40.9 Å². The Balaban J connectivity index is 1.73. The van der Waals surface area contributed by atoms with Gasteiger partial charge in [-0.05, 0) is 48.9 Å². The van der Waals surface area contributed by atoms with Gasteiger partial charge in [-0.1, -0.05) is 39.1 Å². The van der Waals surface area contributed by atoms with Crippen molar-refractivity contribution in [3.63, 3.8) is 0 Å². The predicted octanol–water partition coefficient (Wildman–Crippen LogP) is 4.96. The van der Waals surface area contributed by atoms with Gasteiger partial charge in [-0.3, -0.25) is 14.4 Å². The fourth-order valence-corrected chi connectivity index (χ4v) is 3.12. The molecule has 0 spiro atoms. The van der Waals surface area contributed by atoms with E-state index in [4.69, 9.17) is 27.9 Å². The molecule has 0 saturated heterocycles. The Hall–Kier alpha value is -2.09. The minimum Gasteiger partial charge on any atom is -0.456 e. The van der Waals surface area contributed by atoms with Crippen molar-refractivity contribution >= 4 is 68.3 Å². The van der Waals surface area contributed by atoms with E-state index in [1.165, 1.54) is 6.07 Å². The van der Waals surface area contributed by atoms with Crippen LogP contribution >= 0.6 is 39.1 Å². The first-order chi connectivity index (χ1) is 13.2. The molecule has 2 rings (SSSR count). The van der Waals surface area contributed by atoms with Crippen LogP contribution in [0, 0.1) is 6.92 Å². The van der Waals surface area contributed by atoms with Crippen LogP contribution in [0.5, 0.6) is 0 Å². The van der Waals surface area contributed by atoms with E-state index in [0.29, 0.717) is 21.4 Å². The lowest BCUT2D eigenvalue weighted by Gasteiger charge is -2.10. The van der Waals surface area contributed by atoms with Crippen molar-refractivity contribution in [1.82, 2.24) is 0 Å². The monoisotopic (exact) mass is 486 g/mol. The first kappa shape index (κ1) is 22.2. The number of hydrogen-bond acceptors (Lipinski definition) is 4. The molecule has 0 atom stereocenters. The van der Waals surface area contributed by atoms with Gasteiger partial charge in [0.25, 0.3) is 5.91 Å². The molecule has 0 aliphatic heterocycles. The van der Waals surface area contributed by atoms with Gasteiger partial charge >= 0.3 is 5.97 Å². The summed E-state index contributed by atoms with van der Waals surface area (Å²) in [6.07, 6.45) is -0.271. The summed E-state index contributed by atoms with van der Waals surface area (Å²) in [5, 5.41) is 5.98. The zero-order valence-corrected chi connectivity index (χ0v) is 18.0. The molecule has 0 heterocycles. The number of halogens is 3. The van der Waals surface area contributed by atoms with Crippen molar-refractivity contribution < 1.29 is 19.1 Å². The van der Waals surface area contributed by atoms with Crippen molar-refractivity contribution in [3.05, 3.63) is 56.5 Å². The molecule has 6 nitrogen and oxygen atoms in total. The van der Waals surface area contributed by atoms with E-state index in [9.17, 15) is 14.4 Å². The summed E-state index contributed by atoms with van der Waals surface area (Å²) in [4.78, 5) is 35.5. The van der Waals surface area contributed by atoms with Gasteiger partial charge in [0, 0.05) is 21.6 Å². The van der Waals surface area contributed by atoms with Gasteiger partial charge in [0.05, 0.1) is 17.1 Å². The Bertz CT molecular complexity index is 834. The lowest BCUT2D eigenvalue weighted by molar-refractivity contribution is -0.147. The maximum absolute atomic E-state index is 11.9. The topological polar surface area (TPSA) is 84.5 Å². The van der Waals surface area contributed by atoms with Crippen LogP contribution in [0.1, 0.15) is 18.4 Å². The van der Waals surface area contributed by atoms with Crippen LogP contribution in [-0.4, -0.2) is 24.4 Å². The number of nitrogens with one attached hydrogen (secondary N) is 2. The number of carbonyl (C=O) groups is 3. The van der Waals surface area contributed by atoms with Crippen LogP contribution in [-0.2, 0) is 19.1 Å². The van der Waals surface area contributed by atoms with Gasteiger partial charge in [-0.25, -0.2) is 0 Å². The van der Waals surface area contributed by atoms with Gasteiger partial charge in [-0.15, -0.1) is 0 Å². The molecule has 0 aliphatic rings. The average Bonchev–Trinajstić information content (AvgIpc) is 2.63. The van der Waals surface area contributed by atoms with Crippen LogP contribution in [0.4, 0.5) is 11.4 Å². The molecule has 2 aromatic carbocycles. The maximum Gasteiger partial charge on any atom is 0.306 e. The second-order valence-electron chi connectivity index (χ2n) is 5.84. The molecule has 9 heteroatoms. The zero-order valence-electron chi connectivity index (χ0n) is 14.9. The summed E-state index contributed by atoms with van der Waals surface area (Å²) in [6.45, 7) is 1.41. The number of hydrogen-bond donors (Lipinski definition) is 2. The number of aryl methyl sites for hydroxylation is 1. The summed E-state index contributed by atoms with van der Waals surface area (Å²) in [5.41, 5.74) is 1.89. The Morgan fingerprint density at radius 1 is 0.964 bits per heavy atom. The lowest BCUT2D eigenvalue weighted by atomic mass is 10.2. The summed E-state index contributed by atoms with van der Waals surface area (Å²) in [5.74, 6) is -1.52.